The number of ether oxygens (including phenoxy) is 1. The number of carbonyl (C=O) groups excluding carboxylic acids is 1. The van der Waals surface area contributed by atoms with Gasteiger partial charge in [0.05, 0.1) is 12.7 Å². The summed E-state index contributed by atoms with van der Waals surface area (Å²) < 4.78 is 46.0. The standard InChI is InChI=1S/C20H21F3N2O3/c1-28-13-7-5-12(6-8-13)14-11-15-16(20(21,22)23)3-2-4-17(15)25(10-9-24)19(27)18(14)26/h2-8,14,18,26H,9-11,24H2,1H3/t14-,18+/m0/s1. The Bertz CT molecular complexity index is 853. The second-order valence-corrected chi connectivity index (χ2v) is 6.61. The van der Waals surface area contributed by atoms with Crippen molar-refractivity contribution in [3.63, 3.8) is 0 Å². The van der Waals surface area contributed by atoms with E-state index in [9.17, 15) is 23.1 Å². The third-order valence-electron chi connectivity index (χ3n) is 4.97. The van der Waals surface area contributed by atoms with Crippen molar-refractivity contribution in [1.29, 1.82) is 0 Å². The number of methoxy groups -OCH3 is 1. The molecule has 28 heavy (non-hydrogen) atoms. The molecule has 1 aliphatic heterocycles. The van der Waals surface area contributed by atoms with Crippen molar-refractivity contribution in [1.82, 2.24) is 0 Å². The Labute approximate surface area is 160 Å². The minimum atomic E-state index is -4.58. The molecule has 0 aliphatic carbocycles. The van der Waals surface area contributed by atoms with Gasteiger partial charge in [0.15, 0.2) is 0 Å². The van der Waals surface area contributed by atoms with Gasteiger partial charge in [-0.1, -0.05) is 18.2 Å². The minimum Gasteiger partial charge on any atom is -0.497 e. The lowest BCUT2D eigenvalue weighted by Gasteiger charge is -2.25. The molecule has 2 aromatic rings. The van der Waals surface area contributed by atoms with E-state index in [4.69, 9.17) is 10.5 Å². The molecule has 0 bridgehead atoms. The van der Waals surface area contributed by atoms with Crippen LogP contribution < -0.4 is 15.4 Å². The SMILES string of the molecule is COc1ccc([C@@H]2Cc3c(cccc3C(F)(F)F)N(CCN)C(=O)[C@@H]2O)cc1. The van der Waals surface area contributed by atoms with E-state index in [1.165, 1.54) is 19.2 Å². The van der Waals surface area contributed by atoms with Crippen LogP contribution in [-0.4, -0.2) is 37.3 Å². The number of alkyl halides is 3. The number of nitrogens with two attached hydrogens (primary N) is 1. The smallest absolute Gasteiger partial charge is 0.416 e. The maximum absolute atomic E-state index is 13.6. The maximum atomic E-state index is 13.6. The number of halogens is 3. The summed E-state index contributed by atoms with van der Waals surface area (Å²) in [6.45, 7) is 0.0703. The van der Waals surface area contributed by atoms with Gasteiger partial charge >= 0.3 is 6.18 Å². The number of amides is 1. The zero-order chi connectivity index (χ0) is 20.5. The zero-order valence-electron chi connectivity index (χ0n) is 15.2. The third kappa shape index (κ3) is 3.70. The fraction of sp³-hybridized carbons (Fsp3) is 0.350. The summed E-state index contributed by atoms with van der Waals surface area (Å²) in [6, 6.07) is 10.3. The van der Waals surface area contributed by atoms with Crippen LogP contribution in [0.4, 0.5) is 18.9 Å². The molecule has 0 aromatic heterocycles. The number of hydrogen-bond acceptors (Lipinski definition) is 4. The van der Waals surface area contributed by atoms with Gasteiger partial charge in [-0.15, -0.1) is 0 Å². The molecule has 1 aliphatic rings. The molecule has 2 atom stereocenters. The molecule has 0 radical (unpaired) electrons. The van der Waals surface area contributed by atoms with Gasteiger partial charge in [-0.25, -0.2) is 0 Å². The van der Waals surface area contributed by atoms with Gasteiger partial charge in [0, 0.05) is 24.7 Å². The van der Waals surface area contributed by atoms with Crippen molar-refractivity contribution in [3.8, 4) is 5.75 Å². The van der Waals surface area contributed by atoms with E-state index >= 15 is 0 Å². The predicted molar refractivity (Wildman–Crippen MR) is 98.3 cm³/mol. The summed E-state index contributed by atoms with van der Waals surface area (Å²) in [7, 11) is 1.50. The zero-order valence-corrected chi connectivity index (χ0v) is 15.2. The van der Waals surface area contributed by atoms with Gasteiger partial charge in [0.25, 0.3) is 5.91 Å². The highest BCUT2D eigenvalue weighted by atomic mass is 19.4. The molecule has 0 spiro atoms. The highest BCUT2D eigenvalue weighted by Gasteiger charge is 2.41. The molecule has 2 aromatic carbocycles. The Hall–Kier alpha value is -2.58. The van der Waals surface area contributed by atoms with Crippen LogP contribution in [0.1, 0.15) is 22.6 Å². The van der Waals surface area contributed by atoms with E-state index < -0.39 is 29.7 Å². The largest absolute Gasteiger partial charge is 0.497 e. The number of hydrogen-bond donors (Lipinski definition) is 2. The lowest BCUT2D eigenvalue weighted by molar-refractivity contribution is -0.138. The van der Waals surface area contributed by atoms with Crippen LogP contribution in [0.25, 0.3) is 0 Å². The van der Waals surface area contributed by atoms with Crippen molar-refractivity contribution < 1.29 is 27.8 Å². The number of aliphatic hydroxyl groups is 1. The van der Waals surface area contributed by atoms with Gasteiger partial charge in [0.1, 0.15) is 11.9 Å². The highest BCUT2D eigenvalue weighted by Crippen LogP contribution is 2.42. The number of anilines is 1. The van der Waals surface area contributed by atoms with Crippen molar-refractivity contribution in [2.45, 2.75) is 24.6 Å². The Morgan fingerprint density at radius 3 is 2.46 bits per heavy atom. The summed E-state index contributed by atoms with van der Waals surface area (Å²) in [5.74, 6) is -0.924. The first-order chi connectivity index (χ1) is 13.3. The third-order valence-corrected chi connectivity index (χ3v) is 4.97. The number of nitrogens with zero attached hydrogens (tertiary/aromatic N) is 1. The molecular weight excluding hydrogens is 373 g/mol. The Kier molecular flexibility index (Phi) is 5.62. The fourth-order valence-corrected chi connectivity index (χ4v) is 3.60. The van der Waals surface area contributed by atoms with Gasteiger partial charge in [-0.3, -0.25) is 4.79 Å². The van der Waals surface area contributed by atoms with Crippen LogP contribution >= 0.6 is 0 Å². The summed E-state index contributed by atoms with van der Waals surface area (Å²) >= 11 is 0. The molecular formula is C20H21F3N2O3. The monoisotopic (exact) mass is 394 g/mol. The molecule has 5 nitrogen and oxygen atoms in total. The topological polar surface area (TPSA) is 75.8 Å². The number of benzene rings is 2. The molecule has 3 N–H and O–H groups in total. The average Bonchev–Trinajstić information content (AvgIpc) is 2.78. The average molecular weight is 394 g/mol. The van der Waals surface area contributed by atoms with E-state index in [1.54, 1.807) is 24.3 Å². The van der Waals surface area contributed by atoms with Crippen LogP contribution in [0.15, 0.2) is 42.5 Å². The number of carbonyl (C=O) groups is 1. The number of rotatable bonds is 4. The van der Waals surface area contributed by atoms with Gasteiger partial charge in [-0.05, 0) is 41.8 Å². The maximum Gasteiger partial charge on any atom is 0.416 e. The first-order valence-corrected chi connectivity index (χ1v) is 8.80. The molecule has 1 heterocycles. The van der Waals surface area contributed by atoms with Crippen LogP contribution in [0, 0.1) is 0 Å². The van der Waals surface area contributed by atoms with Crippen molar-refractivity contribution >= 4 is 11.6 Å². The first kappa shape index (κ1) is 20.2. The molecule has 1 amide bonds. The molecule has 0 saturated carbocycles. The van der Waals surface area contributed by atoms with Gasteiger partial charge in [-0.2, -0.15) is 13.2 Å². The Morgan fingerprint density at radius 2 is 1.89 bits per heavy atom. The minimum absolute atomic E-state index is 0.0134. The molecule has 150 valence electrons. The van der Waals surface area contributed by atoms with Crippen molar-refractivity contribution in [3.05, 3.63) is 59.2 Å². The van der Waals surface area contributed by atoms with Crippen LogP contribution in [-0.2, 0) is 17.4 Å². The summed E-state index contributed by atoms with van der Waals surface area (Å²) in [4.78, 5) is 14.0. The van der Waals surface area contributed by atoms with Crippen molar-refractivity contribution in [2.75, 3.05) is 25.1 Å². The number of fused-ring (bicyclic) bond motifs is 1. The second-order valence-electron chi connectivity index (χ2n) is 6.61. The Balaban J connectivity index is 2.15. The summed E-state index contributed by atoms with van der Waals surface area (Å²) in [5, 5.41) is 10.7. The fourth-order valence-electron chi connectivity index (χ4n) is 3.60. The lowest BCUT2D eigenvalue weighted by atomic mass is 9.86. The van der Waals surface area contributed by atoms with Gasteiger partial charge in [0.2, 0.25) is 0 Å². The lowest BCUT2D eigenvalue weighted by Crippen LogP contribution is -2.43. The molecule has 3 rings (SSSR count). The Morgan fingerprint density at radius 1 is 1.21 bits per heavy atom. The highest BCUT2D eigenvalue weighted by molar-refractivity contribution is 5.99. The summed E-state index contributed by atoms with van der Waals surface area (Å²) in [6.07, 6.45) is -6.21. The van der Waals surface area contributed by atoms with Crippen LogP contribution in [0.3, 0.4) is 0 Å². The van der Waals surface area contributed by atoms with E-state index in [0.717, 1.165) is 11.0 Å². The quantitative estimate of drug-likeness (QED) is 0.836. The molecule has 8 heteroatoms. The van der Waals surface area contributed by atoms with E-state index in [-0.39, 0.29) is 30.8 Å². The van der Waals surface area contributed by atoms with E-state index in [0.29, 0.717) is 11.3 Å². The van der Waals surface area contributed by atoms with Gasteiger partial charge < -0.3 is 20.5 Å². The predicted octanol–water partition coefficient (Wildman–Crippen LogP) is 2.71. The van der Waals surface area contributed by atoms with E-state index in [1.807, 2.05) is 0 Å². The molecule has 0 fully saturated rings. The van der Waals surface area contributed by atoms with E-state index in [2.05, 4.69) is 0 Å². The number of aliphatic hydroxyl groups excluding tert-OH is 1. The molecule has 0 unspecified atom stereocenters. The van der Waals surface area contributed by atoms with Crippen LogP contribution in [0.2, 0.25) is 0 Å². The second kappa shape index (κ2) is 7.81. The normalized spacial score (nSPS) is 19.9. The molecule has 0 saturated heterocycles. The first-order valence-electron chi connectivity index (χ1n) is 8.80. The van der Waals surface area contributed by atoms with Crippen molar-refractivity contribution in [2.24, 2.45) is 5.73 Å². The van der Waals surface area contributed by atoms with Crippen LogP contribution in [0.5, 0.6) is 5.75 Å². The summed E-state index contributed by atoms with van der Waals surface area (Å²) in [5.41, 5.74) is 5.43.